The highest BCUT2D eigenvalue weighted by Crippen LogP contribution is 2.29. The van der Waals surface area contributed by atoms with Crippen molar-refractivity contribution in [3.8, 4) is 5.88 Å². The van der Waals surface area contributed by atoms with Crippen molar-refractivity contribution in [1.82, 2.24) is 20.6 Å². The van der Waals surface area contributed by atoms with Gasteiger partial charge in [-0.1, -0.05) is 13.0 Å². The summed E-state index contributed by atoms with van der Waals surface area (Å²) in [5.41, 5.74) is 1.10. The quantitative estimate of drug-likeness (QED) is 0.522. The summed E-state index contributed by atoms with van der Waals surface area (Å²) < 4.78 is 5.66. The van der Waals surface area contributed by atoms with E-state index in [-0.39, 0.29) is 0 Å². The molecule has 0 aromatic carbocycles. The fourth-order valence-electron chi connectivity index (χ4n) is 2.41. The van der Waals surface area contributed by atoms with E-state index in [0.717, 1.165) is 48.4 Å². The number of hydrogen-bond acceptors (Lipinski definition) is 5. The third-order valence-electron chi connectivity index (χ3n) is 4.23. The summed E-state index contributed by atoms with van der Waals surface area (Å²) in [6.07, 6.45) is 8.35. The molecule has 0 atom stereocenters. The average Bonchev–Trinajstić information content (AvgIpc) is 3.40. The van der Waals surface area contributed by atoms with Crippen molar-refractivity contribution in [2.45, 2.75) is 39.2 Å². The second kappa shape index (κ2) is 9.52. The molecule has 2 heterocycles. The van der Waals surface area contributed by atoms with Crippen LogP contribution in [0.25, 0.3) is 0 Å². The molecule has 0 spiro atoms. The molecule has 0 bridgehead atoms. The number of hydrogen-bond donors (Lipinski definition) is 2. The minimum absolute atomic E-state index is 0.673. The third-order valence-corrected chi connectivity index (χ3v) is 5.43. The maximum Gasteiger partial charge on any atom is 0.213 e. The summed E-state index contributed by atoms with van der Waals surface area (Å²) >= 11 is 1.78. The minimum atomic E-state index is 0.673. The van der Waals surface area contributed by atoms with Gasteiger partial charge in [0, 0.05) is 49.9 Å². The summed E-state index contributed by atoms with van der Waals surface area (Å²) in [7, 11) is 1.78. The molecule has 1 fully saturated rings. The van der Waals surface area contributed by atoms with E-state index in [0.29, 0.717) is 12.4 Å². The van der Waals surface area contributed by atoms with Gasteiger partial charge in [-0.25, -0.2) is 9.97 Å². The minimum Gasteiger partial charge on any atom is -0.477 e. The third kappa shape index (κ3) is 5.98. The molecule has 0 amide bonds. The molecule has 1 aliphatic rings. The lowest BCUT2D eigenvalue weighted by Gasteiger charge is -2.11. The Morgan fingerprint density at radius 2 is 2.15 bits per heavy atom. The van der Waals surface area contributed by atoms with Gasteiger partial charge in [0.15, 0.2) is 5.96 Å². The van der Waals surface area contributed by atoms with E-state index in [4.69, 9.17) is 4.74 Å². The molecule has 0 saturated heterocycles. The Balaban J connectivity index is 1.37. The van der Waals surface area contributed by atoms with Gasteiger partial charge in [-0.05, 0) is 30.7 Å². The monoisotopic (exact) mass is 373 g/mol. The maximum absolute atomic E-state index is 5.66. The zero-order valence-corrected chi connectivity index (χ0v) is 16.3. The van der Waals surface area contributed by atoms with E-state index in [9.17, 15) is 0 Å². The van der Waals surface area contributed by atoms with E-state index in [1.807, 2.05) is 24.5 Å². The first-order valence-corrected chi connectivity index (χ1v) is 10.0. The second-order valence-electron chi connectivity index (χ2n) is 6.44. The van der Waals surface area contributed by atoms with Crippen LogP contribution in [0.2, 0.25) is 0 Å². The molecule has 0 aliphatic heterocycles. The van der Waals surface area contributed by atoms with Crippen molar-refractivity contribution < 1.29 is 4.74 Å². The molecular formula is C19H27N5OS. The highest BCUT2D eigenvalue weighted by atomic mass is 32.1. The van der Waals surface area contributed by atoms with Crippen LogP contribution in [0.4, 0.5) is 0 Å². The molecule has 2 aromatic rings. The molecule has 0 unspecified atom stereocenters. The summed E-state index contributed by atoms with van der Waals surface area (Å²) in [5.74, 6) is 2.23. The number of nitrogens with one attached hydrogen (secondary N) is 2. The van der Waals surface area contributed by atoms with Gasteiger partial charge in [0.1, 0.15) is 0 Å². The van der Waals surface area contributed by atoms with Crippen molar-refractivity contribution in [2.75, 3.05) is 20.2 Å². The number of ether oxygens (including phenoxy) is 1. The van der Waals surface area contributed by atoms with Gasteiger partial charge in [-0.3, -0.25) is 4.99 Å². The number of pyridine rings is 1. The Hall–Kier alpha value is -2.15. The standard InChI is InChI=1S/C19H27N5OS/c1-3-16-12-23-18(26-16)8-9-21-19(20-2)24-11-15-6-7-17(22-10-15)25-13-14-4-5-14/h6-7,10,12,14H,3-5,8-9,11,13H2,1-2H3,(H2,20,21,24). The molecule has 140 valence electrons. The molecular weight excluding hydrogens is 346 g/mol. The summed E-state index contributed by atoms with van der Waals surface area (Å²) in [6, 6.07) is 3.97. The Bertz CT molecular complexity index is 709. The Labute approximate surface area is 159 Å². The molecule has 26 heavy (non-hydrogen) atoms. The fraction of sp³-hybridized carbons (Fsp3) is 0.526. The highest BCUT2D eigenvalue weighted by Gasteiger charge is 2.22. The van der Waals surface area contributed by atoms with Gasteiger partial charge in [0.05, 0.1) is 11.6 Å². The predicted molar refractivity (Wildman–Crippen MR) is 106 cm³/mol. The summed E-state index contributed by atoms with van der Waals surface area (Å²) in [5, 5.41) is 7.80. The lowest BCUT2D eigenvalue weighted by atomic mass is 10.3. The van der Waals surface area contributed by atoms with Crippen molar-refractivity contribution in [1.29, 1.82) is 0 Å². The van der Waals surface area contributed by atoms with Crippen molar-refractivity contribution in [3.05, 3.63) is 40.0 Å². The topological polar surface area (TPSA) is 71.4 Å². The van der Waals surface area contributed by atoms with Crippen molar-refractivity contribution in [3.63, 3.8) is 0 Å². The smallest absolute Gasteiger partial charge is 0.213 e. The molecule has 2 aromatic heterocycles. The first kappa shape index (κ1) is 18.6. The van der Waals surface area contributed by atoms with Crippen LogP contribution in [0.15, 0.2) is 29.5 Å². The van der Waals surface area contributed by atoms with Gasteiger partial charge in [0.2, 0.25) is 5.88 Å². The summed E-state index contributed by atoms with van der Waals surface area (Å²) in [6.45, 7) is 4.43. The van der Waals surface area contributed by atoms with Crippen molar-refractivity contribution in [2.24, 2.45) is 10.9 Å². The molecule has 3 rings (SSSR count). The zero-order valence-electron chi connectivity index (χ0n) is 15.5. The van der Waals surface area contributed by atoms with E-state index in [1.54, 1.807) is 18.4 Å². The molecule has 2 N–H and O–H groups in total. The second-order valence-corrected chi connectivity index (χ2v) is 7.64. The first-order chi connectivity index (χ1) is 12.8. The first-order valence-electron chi connectivity index (χ1n) is 9.22. The Kier molecular flexibility index (Phi) is 6.82. The largest absolute Gasteiger partial charge is 0.477 e. The SMILES string of the molecule is CCc1cnc(CCNC(=NC)NCc2ccc(OCC3CC3)nc2)s1. The van der Waals surface area contributed by atoms with Gasteiger partial charge in [0.25, 0.3) is 0 Å². The number of guanidine groups is 1. The zero-order chi connectivity index (χ0) is 18.2. The van der Waals surface area contributed by atoms with Crippen LogP contribution in [-0.2, 0) is 19.4 Å². The fourth-order valence-corrected chi connectivity index (χ4v) is 3.27. The maximum atomic E-state index is 5.66. The average molecular weight is 374 g/mol. The van der Waals surface area contributed by atoms with Gasteiger partial charge >= 0.3 is 0 Å². The summed E-state index contributed by atoms with van der Waals surface area (Å²) in [4.78, 5) is 14.4. The van der Waals surface area contributed by atoms with Gasteiger partial charge in [-0.15, -0.1) is 11.3 Å². The van der Waals surface area contributed by atoms with Crippen LogP contribution in [0.5, 0.6) is 5.88 Å². The van der Waals surface area contributed by atoms with Crippen LogP contribution in [0, 0.1) is 5.92 Å². The normalized spacial score (nSPS) is 14.3. The molecule has 6 nitrogen and oxygen atoms in total. The van der Waals surface area contributed by atoms with E-state index < -0.39 is 0 Å². The van der Waals surface area contributed by atoms with E-state index >= 15 is 0 Å². The number of thiazole rings is 1. The van der Waals surface area contributed by atoms with Crippen LogP contribution in [0.1, 0.15) is 35.2 Å². The van der Waals surface area contributed by atoms with Crippen LogP contribution in [0.3, 0.4) is 0 Å². The molecule has 0 radical (unpaired) electrons. The lowest BCUT2D eigenvalue weighted by molar-refractivity contribution is 0.288. The van der Waals surface area contributed by atoms with Gasteiger partial charge < -0.3 is 15.4 Å². The number of aryl methyl sites for hydroxylation is 1. The molecule has 7 heteroatoms. The number of rotatable bonds is 9. The Morgan fingerprint density at radius 3 is 2.81 bits per heavy atom. The van der Waals surface area contributed by atoms with E-state index in [2.05, 4.69) is 32.5 Å². The highest BCUT2D eigenvalue weighted by molar-refractivity contribution is 7.11. The number of aliphatic imine (C=N–C) groups is 1. The van der Waals surface area contributed by atoms with Crippen LogP contribution in [-0.4, -0.2) is 36.1 Å². The molecule has 1 saturated carbocycles. The van der Waals surface area contributed by atoms with E-state index in [1.165, 1.54) is 17.7 Å². The van der Waals surface area contributed by atoms with Gasteiger partial charge in [-0.2, -0.15) is 0 Å². The van der Waals surface area contributed by atoms with Crippen LogP contribution >= 0.6 is 11.3 Å². The Morgan fingerprint density at radius 1 is 1.27 bits per heavy atom. The predicted octanol–water partition coefficient (Wildman–Crippen LogP) is 2.80. The van der Waals surface area contributed by atoms with Crippen molar-refractivity contribution >= 4 is 17.3 Å². The number of nitrogens with zero attached hydrogens (tertiary/aromatic N) is 3. The van der Waals surface area contributed by atoms with Crippen LogP contribution < -0.4 is 15.4 Å². The number of aromatic nitrogens is 2. The molecule has 1 aliphatic carbocycles. The lowest BCUT2D eigenvalue weighted by Crippen LogP contribution is -2.37.